The van der Waals surface area contributed by atoms with Crippen LogP contribution in [0.4, 0.5) is 0 Å². The zero-order chi connectivity index (χ0) is 11.3. The van der Waals surface area contributed by atoms with E-state index in [2.05, 4.69) is 11.3 Å². The van der Waals surface area contributed by atoms with E-state index in [0.29, 0.717) is 0 Å². The second-order valence-electron chi connectivity index (χ2n) is 3.14. The molecule has 0 bridgehead atoms. The molecular formula is C12H14O3. The first kappa shape index (κ1) is 11.5. The second kappa shape index (κ2) is 5.32. The van der Waals surface area contributed by atoms with E-state index >= 15 is 0 Å². The molecule has 1 rings (SSSR count). The second-order valence-corrected chi connectivity index (χ2v) is 3.14. The standard InChI is InChI=1S/C12H14O3/c1-3-10(11(13)12(14)15-2)9-7-5-4-6-8-9/h3-8,10-11,13H,1H2,2H3/t10-,11-/m0/s1. The Balaban J connectivity index is 2.89. The summed E-state index contributed by atoms with van der Waals surface area (Å²) in [7, 11) is 1.25. The number of esters is 1. The maximum atomic E-state index is 11.2. The number of methoxy groups -OCH3 is 1. The van der Waals surface area contributed by atoms with Crippen LogP contribution in [0.3, 0.4) is 0 Å². The van der Waals surface area contributed by atoms with Gasteiger partial charge in [-0.1, -0.05) is 36.4 Å². The lowest BCUT2D eigenvalue weighted by molar-refractivity contribution is -0.150. The normalized spacial score (nSPS) is 14.0. The van der Waals surface area contributed by atoms with Crippen LogP contribution in [0.15, 0.2) is 43.0 Å². The van der Waals surface area contributed by atoms with Crippen LogP contribution in [0.25, 0.3) is 0 Å². The molecule has 2 atom stereocenters. The summed E-state index contributed by atoms with van der Waals surface area (Å²) >= 11 is 0. The van der Waals surface area contributed by atoms with Gasteiger partial charge in [0.25, 0.3) is 0 Å². The lowest BCUT2D eigenvalue weighted by Gasteiger charge is -2.17. The van der Waals surface area contributed by atoms with Gasteiger partial charge in [-0.15, -0.1) is 6.58 Å². The summed E-state index contributed by atoms with van der Waals surface area (Å²) in [5, 5.41) is 9.69. The molecule has 0 spiro atoms. The van der Waals surface area contributed by atoms with Crippen molar-refractivity contribution >= 4 is 5.97 Å². The fourth-order valence-electron chi connectivity index (χ4n) is 1.39. The smallest absolute Gasteiger partial charge is 0.335 e. The third-order valence-electron chi connectivity index (χ3n) is 2.22. The van der Waals surface area contributed by atoms with Gasteiger partial charge in [0.1, 0.15) is 0 Å². The van der Waals surface area contributed by atoms with Crippen molar-refractivity contribution in [3.05, 3.63) is 48.6 Å². The first-order valence-corrected chi connectivity index (χ1v) is 4.64. The molecule has 0 saturated carbocycles. The third-order valence-corrected chi connectivity index (χ3v) is 2.22. The molecule has 0 amide bonds. The Kier molecular flexibility index (Phi) is 4.06. The Morgan fingerprint density at radius 3 is 2.53 bits per heavy atom. The SMILES string of the molecule is C=C[C@@H](c1ccccc1)[C@H](O)C(=O)OC. The van der Waals surface area contributed by atoms with Gasteiger partial charge < -0.3 is 9.84 Å². The van der Waals surface area contributed by atoms with Gasteiger partial charge in [-0.25, -0.2) is 4.79 Å². The van der Waals surface area contributed by atoms with Gasteiger partial charge in [0.15, 0.2) is 6.10 Å². The molecule has 0 fully saturated rings. The van der Waals surface area contributed by atoms with Crippen molar-refractivity contribution in [2.75, 3.05) is 7.11 Å². The topological polar surface area (TPSA) is 46.5 Å². The number of aliphatic hydroxyl groups is 1. The van der Waals surface area contributed by atoms with Crippen LogP contribution in [0.5, 0.6) is 0 Å². The average Bonchev–Trinajstić information content (AvgIpc) is 2.30. The van der Waals surface area contributed by atoms with Crippen molar-refractivity contribution in [1.29, 1.82) is 0 Å². The highest BCUT2D eigenvalue weighted by Gasteiger charge is 2.25. The highest BCUT2D eigenvalue weighted by molar-refractivity contribution is 5.76. The molecule has 1 N–H and O–H groups in total. The van der Waals surface area contributed by atoms with Crippen molar-refractivity contribution < 1.29 is 14.6 Å². The van der Waals surface area contributed by atoms with E-state index in [0.717, 1.165) is 5.56 Å². The molecule has 0 radical (unpaired) electrons. The molecule has 1 aromatic rings. The van der Waals surface area contributed by atoms with Crippen LogP contribution in [0, 0.1) is 0 Å². The summed E-state index contributed by atoms with van der Waals surface area (Å²) in [5.74, 6) is -1.08. The number of hydrogen-bond acceptors (Lipinski definition) is 3. The first-order chi connectivity index (χ1) is 7.20. The number of rotatable bonds is 4. The number of carbonyl (C=O) groups excluding carboxylic acids is 1. The third kappa shape index (κ3) is 2.67. The Bertz CT molecular complexity index is 332. The summed E-state index contributed by atoms with van der Waals surface area (Å²) in [5.41, 5.74) is 0.838. The van der Waals surface area contributed by atoms with Gasteiger partial charge in [0, 0.05) is 5.92 Å². The van der Waals surface area contributed by atoms with Gasteiger partial charge in [0.05, 0.1) is 7.11 Å². The molecular weight excluding hydrogens is 192 g/mol. The summed E-state index contributed by atoms with van der Waals surface area (Å²) in [6.45, 7) is 3.61. The minimum absolute atomic E-state index is 0.432. The quantitative estimate of drug-likeness (QED) is 0.599. The van der Waals surface area contributed by atoms with E-state index in [1.807, 2.05) is 30.3 Å². The highest BCUT2D eigenvalue weighted by Crippen LogP contribution is 2.21. The van der Waals surface area contributed by atoms with Gasteiger partial charge in [-0.05, 0) is 5.56 Å². The van der Waals surface area contributed by atoms with Crippen LogP contribution in [0.2, 0.25) is 0 Å². The van der Waals surface area contributed by atoms with E-state index in [4.69, 9.17) is 0 Å². The maximum Gasteiger partial charge on any atom is 0.335 e. The molecule has 15 heavy (non-hydrogen) atoms. The fraction of sp³-hybridized carbons (Fsp3) is 0.250. The zero-order valence-corrected chi connectivity index (χ0v) is 8.59. The molecule has 0 aliphatic heterocycles. The maximum absolute atomic E-state index is 11.2. The molecule has 3 nitrogen and oxygen atoms in total. The van der Waals surface area contributed by atoms with E-state index in [1.54, 1.807) is 0 Å². The van der Waals surface area contributed by atoms with Gasteiger partial charge in [0.2, 0.25) is 0 Å². The van der Waals surface area contributed by atoms with E-state index in [9.17, 15) is 9.90 Å². The monoisotopic (exact) mass is 206 g/mol. The Labute approximate surface area is 89.0 Å². The molecule has 1 aromatic carbocycles. The summed E-state index contributed by atoms with van der Waals surface area (Å²) in [4.78, 5) is 11.2. The molecule has 0 unspecified atom stereocenters. The number of carbonyl (C=O) groups is 1. The largest absolute Gasteiger partial charge is 0.467 e. The Morgan fingerprint density at radius 2 is 2.07 bits per heavy atom. The van der Waals surface area contributed by atoms with E-state index < -0.39 is 18.0 Å². The molecule has 0 saturated heterocycles. The summed E-state index contributed by atoms with van der Waals surface area (Å²) in [6, 6.07) is 9.22. The van der Waals surface area contributed by atoms with Crippen molar-refractivity contribution in [3.63, 3.8) is 0 Å². The minimum Gasteiger partial charge on any atom is -0.467 e. The number of aliphatic hydroxyl groups excluding tert-OH is 1. The van der Waals surface area contributed by atoms with Crippen LogP contribution in [-0.2, 0) is 9.53 Å². The Morgan fingerprint density at radius 1 is 1.47 bits per heavy atom. The number of benzene rings is 1. The Hall–Kier alpha value is -1.61. The van der Waals surface area contributed by atoms with Gasteiger partial charge in [-0.2, -0.15) is 0 Å². The molecule has 0 aliphatic carbocycles. The van der Waals surface area contributed by atoms with Crippen LogP contribution in [-0.4, -0.2) is 24.3 Å². The first-order valence-electron chi connectivity index (χ1n) is 4.64. The zero-order valence-electron chi connectivity index (χ0n) is 8.59. The molecule has 3 heteroatoms. The molecule has 0 aliphatic rings. The fourth-order valence-corrected chi connectivity index (χ4v) is 1.39. The van der Waals surface area contributed by atoms with Gasteiger partial charge >= 0.3 is 5.97 Å². The van der Waals surface area contributed by atoms with Crippen molar-refractivity contribution in [2.45, 2.75) is 12.0 Å². The molecule has 0 heterocycles. The predicted octanol–water partition coefficient (Wildman–Crippen LogP) is 1.49. The van der Waals surface area contributed by atoms with E-state index in [1.165, 1.54) is 13.2 Å². The van der Waals surface area contributed by atoms with Crippen molar-refractivity contribution in [3.8, 4) is 0 Å². The minimum atomic E-state index is -1.20. The number of hydrogen-bond donors (Lipinski definition) is 1. The lowest BCUT2D eigenvalue weighted by atomic mass is 9.93. The highest BCUT2D eigenvalue weighted by atomic mass is 16.5. The summed E-state index contributed by atoms with van der Waals surface area (Å²) < 4.78 is 4.48. The van der Waals surface area contributed by atoms with Crippen LogP contribution in [0.1, 0.15) is 11.5 Å². The summed E-state index contributed by atoms with van der Waals surface area (Å²) in [6.07, 6.45) is 0.339. The van der Waals surface area contributed by atoms with E-state index in [-0.39, 0.29) is 0 Å². The van der Waals surface area contributed by atoms with Crippen LogP contribution < -0.4 is 0 Å². The average molecular weight is 206 g/mol. The van der Waals surface area contributed by atoms with Crippen molar-refractivity contribution in [1.82, 2.24) is 0 Å². The van der Waals surface area contributed by atoms with Gasteiger partial charge in [-0.3, -0.25) is 0 Å². The lowest BCUT2D eigenvalue weighted by Crippen LogP contribution is -2.28. The number of ether oxygens (including phenoxy) is 1. The van der Waals surface area contributed by atoms with Crippen LogP contribution >= 0.6 is 0 Å². The molecule has 0 aromatic heterocycles. The van der Waals surface area contributed by atoms with Crippen molar-refractivity contribution in [2.24, 2.45) is 0 Å². The molecule has 80 valence electrons. The predicted molar refractivity (Wildman–Crippen MR) is 57.4 cm³/mol.